The third-order valence-electron chi connectivity index (χ3n) is 3.49. The van der Waals surface area contributed by atoms with Crippen molar-refractivity contribution in [1.82, 2.24) is 0 Å². The monoisotopic (exact) mass is 231 g/mol. The number of ether oxygens (including phenoxy) is 2. The largest absolute Gasteiger partial charge is 0.493 e. The molecule has 0 saturated heterocycles. The van der Waals surface area contributed by atoms with Gasteiger partial charge in [-0.2, -0.15) is 4.99 Å². The molecule has 1 fully saturated rings. The Morgan fingerprint density at radius 1 is 1.47 bits per heavy atom. The maximum atomic E-state index is 10.5. The van der Waals surface area contributed by atoms with Crippen LogP contribution in [-0.2, 0) is 16.8 Å². The first-order valence-corrected chi connectivity index (χ1v) is 5.72. The molecule has 1 aromatic rings. The molecule has 0 N–H and O–H groups in total. The van der Waals surface area contributed by atoms with Crippen LogP contribution in [0.15, 0.2) is 17.1 Å². The van der Waals surface area contributed by atoms with Gasteiger partial charge < -0.3 is 9.47 Å². The summed E-state index contributed by atoms with van der Waals surface area (Å²) in [5.74, 6) is 1.57. The summed E-state index contributed by atoms with van der Waals surface area (Å²) in [6.45, 7) is 0.694. The van der Waals surface area contributed by atoms with Crippen molar-refractivity contribution in [3.8, 4) is 11.5 Å². The molecule has 0 bridgehead atoms. The highest BCUT2D eigenvalue weighted by Gasteiger charge is 2.45. The molecule has 3 rings (SSSR count). The SMILES string of the molecule is COc1cc(C2(N=C=O)CC2)cc2c1OCC2. The normalized spacial score (nSPS) is 18.9. The Morgan fingerprint density at radius 2 is 2.29 bits per heavy atom. The van der Waals surface area contributed by atoms with E-state index in [1.54, 1.807) is 13.2 Å². The van der Waals surface area contributed by atoms with Gasteiger partial charge in [0.15, 0.2) is 11.5 Å². The number of hydrogen-bond acceptors (Lipinski definition) is 4. The molecule has 88 valence electrons. The Balaban J connectivity index is 2.10. The van der Waals surface area contributed by atoms with Crippen LogP contribution in [0.2, 0.25) is 0 Å². The van der Waals surface area contributed by atoms with Gasteiger partial charge in [-0.25, -0.2) is 4.79 Å². The molecule has 0 radical (unpaired) electrons. The number of benzene rings is 1. The summed E-state index contributed by atoms with van der Waals surface area (Å²) in [4.78, 5) is 14.4. The third-order valence-corrected chi connectivity index (χ3v) is 3.49. The summed E-state index contributed by atoms with van der Waals surface area (Å²) in [6.07, 6.45) is 4.38. The third kappa shape index (κ3) is 1.53. The molecule has 4 nitrogen and oxygen atoms in total. The van der Waals surface area contributed by atoms with Crippen molar-refractivity contribution in [2.75, 3.05) is 13.7 Å². The van der Waals surface area contributed by atoms with Gasteiger partial charge in [0.1, 0.15) is 0 Å². The second-order valence-corrected chi connectivity index (χ2v) is 4.50. The first-order valence-electron chi connectivity index (χ1n) is 5.72. The molecule has 1 heterocycles. The van der Waals surface area contributed by atoms with Crippen LogP contribution in [0.25, 0.3) is 0 Å². The number of rotatable bonds is 3. The van der Waals surface area contributed by atoms with Crippen LogP contribution in [0, 0.1) is 0 Å². The predicted octanol–water partition coefficient (Wildman–Crippen LogP) is 1.95. The lowest BCUT2D eigenvalue weighted by Crippen LogP contribution is -2.03. The number of carbonyl (C=O) groups excluding carboxylic acids is 1. The van der Waals surface area contributed by atoms with Crippen molar-refractivity contribution in [3.05, 3.63) is 23.3 Å². The van der Waals surface area contributed by atoms with Crippen LogP contribution in [-0.4, -0.2) is 19.8 Å². The Kier molecular flexibility index (Phi) is 2.20. The van der Waals surface area contributed by atoms with Crippen molar-refractivity contribution < 1.29 is 14.3 Å². The molecule has 17 heavy (non-hydrogen) atoms. The number of nitrogens with zero attached hydrogens (tertiary/aromatic N) is 1. The van der Waals surface area contributed by atoms with Gasteiger partial charge >= 0.3 is 0 Å². The van der Waals surface area contributed by atoms with Crippen LogP contribution in [0.3, 0.4) is 0 Å². The molecular formula is C13H13NO3. The average Bonchev–Trinajstić information content (AvgIpc) is 2.97. The molecule has 1 aliphatic carbocycles. The lowest BCUT2D eigenvalue weighted by Gasteiger charge is -2.13. The van der Waals surface area contributed by atoms with E-state index in [0.717, 1.165) is 41.9 Å². The Labute approximate surface area is 99.3 Å². The molecular weight excluding hydrogens is 218 g/mol. The van der Waals surface area contributed by atoms with E-state index in [4.69, 9.17) is 9.47 Å². The Morgan fingerprint density at radius 3 is 2.94 bits per heavy atom. The van der Waals surface area contributed by atoms with Crippen molar-refractivity contribution >= 4 is 6.08 Å². The second-order valence-electron chi connectivity index (χ2n) is 4.50. The van der Waals surface area contributed by atoms with E-state index in [2.05, 4.69) is 11.1 Å². The van der Waals surface area contributed by atoms with Crippen LogP contribution in [0.1, 0.15) is 24.0 Å². The van der Waals surface area contributed by atoms with Crippen LogP contribution >= 0.6 is 0 Å². The highest BCUT2D eigenvalue weighted by atomic mass is 16.5. The molecule has 1 aliphatic heterocycles. The first-order chi connectivity index (χ1) is 8.29. The molecule has 1 aromatic carbocycles. The number of aliphatic imine (C=N–C) groups is 1. The fourth-order valence-electron chi connectivity index (χ4n) is 2.36. The number of methoxy groups -OCH3 is 1. The highest BCUT2D eigenvalue weighted by molar-refractivity contribution is 5.54. The van der Waals surface area contributed by atoms with Gasteiger partial charge in [0.25, 0.3) is 0 Å². The van der Waals surface area contributed by atoms with Gasteiger partial charge in [-0.1, -0.05) is 0 Å². The average molecular weight is 231 g/mol. The van der Waals surface area contributed by atoms with Gasteiger partial charge in [-0.3, -0.25) is 0 Å². The van der Waals surface area contributed by atoms with Gasteiger partial charge in [-0.05, 0) is 30.5 Å². The number of fused-ring (bicyclic) bond motifs is 1. The van der Waals surface area contributed by atoms with Crippen LogP contribution in [0.4, 0.5) is 0 Å². The minimum Gasteiger partial charge on any atom is -0.493 e. The Hall–Kier alpha value is -1.80. The minimum absolute atomic E-state index is 0.341. The minimum atomic E-state index is -0.341. The quantitative estimate of drug-likeness (QED) is 0.590. The predicted molar refractivity (Wildman–Crippen MR) is 61.2 cm³/mol. The Bertz CT molecular complexity index is 514. The van der Waals surface area contributed by atoms with Crippen molar-refractivity contribution in [3.63, 3.8) is 0 Å². The van der Waals surface area contributed by atoms with E-state index in [-0.39, 0.29) is 5.54 Å². The molecule has 1 saturated carbocycles. The van der Waals surface area contributed by atoms with E-state index in [1.807, 2.05) is 6.07 Å². The molecule has 0 spiro atoms. The van der Waals surface area contributed by atoms with Gasteiger partial charge in [0, 0.05) is 12.0 Å². The molecule has 0 unspecified atom stereocenters. The molecule has 2 aliphatic rings. The van der Waals surface area contributed by atoms with Gasteiger partial charge in [-0.15, -0.1) is 0 Å². The second kappa shape index (κ2) is 3.60. The zero-order valence-electron chi connectivity index (χ0n) is 9.66. The summed E-state index contributed by atoms with van der Waals surface area (Å²) in [5.41, 5.74) is 1.85. The zero-order chi connectivity index (χ0) is 11.9. The molecule has 0 amide bonds. The van der Waals surface area contributed by atoms with Gasteiger partial charge in [0.05, 0.1) is 19.3 Å². The lowest BCUT2D eigenvalue weighted by atomic mass is 10.0. The fraction of sp³-hybridized carbons (Fsp3) is 0.462. The van der Waals surface area contributed by atoms with E-state index in [0.29, 0.717) is 6.61 Å². The topological polar surface area (TPSA) is 47.9 Å². The van der Waals surface area contributed by atoms with Crippen LogP contribution in [0.5, 0.6) is 11.5 Å². The van der Waals surface area contributed by atoms with E-state index >= 15 is 0 Å². The summed E-state index contributed by atoms with van der Waals surface area (Å²) >= 11 is 0. The zero-order valence-corrected chi connectivity index (χ0v) is 9.66. The van der Waals surface area contributed by atoms with E-state index < -0.39 is 0 Å². The smallest absolute Gasteiger partial charge is 0.235 e. The number of hydrogen-bond donors (Lipinski definition) is 0. The fourth-order valence-corrected chi connectivity index (χ4v) is 2.36. The lowest BCUT2D eigenvalue weighted by molar-refractivity contribution is 0.326. The number of isocyanates is 1. The summed E-state index contributed by atoms with van der Waals surface area (Å²) < 4.78 is 10.9. The highest BCUT2D eigenvalue weighted by Crippen LogP contribution is 2.52. The van der Waals surface area contributed by atoms with E-state index in [9.17, 15) is 4.79 Å². The summed E-state index contributed by atoms with van der Waals surface area (Å²) in [6, 6.07) is 4.01. The van der Waals surface area contributed by atoms with Crippen molar-refractivity contribution in [1.29, 1.82) is 0 Å². The molecule has 0 atom stereocenters. The van der Waals surface area contributed by atoms with Crippen LogP contribution < -0.4 is 9.47 Å². The first kappa shape index (κ1) is 10.4. The summed E-state index contributed by atoms with van der Waals surface area (Å²) in [5, 5.41) is 0. The summed E-state index contributed by atoms with van der Waals surface area (Å²) in [7, 11) is 1.63. The molecule has 4 heteroatoms. The van der Waals surface area contributed by atoms with Crippen molar-refractivity contribution in [2.24, 2.45) is 4.99 Å². The van der Waals surface area contributed by atoms with E-state index in [1.165, 1.54) is 0 Å². The van der Waals surface area contributed by atoms with Gasteiger partial charge in [0.2, 0.25) is 6.08 Å². The van der Waals surface area contributed by atoms with Crippen molar-refractivity contribution in [2.45, 2.75) is 24.8 Å². The maximum Gasteiger partial charge on any atom is 0.235 e. The standard InChI is InChI=1S/C13H13NO3/c1-16-11-7-10(13(3-4-13)14-8-15)6-9-2-5-17-12(9)11/h6-7H,2-5H2,1H3. The molecule has 0 aromatic heterocycles. The maximum absolute atomic E-state index is 10.5.